The molecule has 0 radical (unpaired) electrons. The molecule has 0 atom stereocenters. The van der Waals surface area contributed by atoms with Crippen LogP contribution < -0.4 is 5.73 Å². The van der Waals surface area contributed by atoms with Crippen molar-refractivity contribution in [3.8, 4) is 5.82 Å². The maximum atomic E-state index is 10.0. The van der Waals surface area contributed by atoms with Crippen LogP contribution in [0, 0.1) is 0 Å². The molecule has 1 aliphatic rings. The summed E-state index contributed by atoms with van der Waals surface area (Å²) >= 11 is 0. The first kappa shape index (κ1) is 10.2. The molecule has 1 aliphatic heterocycles. The van der Waals surface area contributed by atoms with Crippen molar-refractivity contribution in [2.75, 3.05) is 18.9 Å². The second-order valence-electron chi connectivity index (χ2n) is 4.02. The number of pyridine rings is 1. The molecule has 2 aromatic rings. The summed E-state index contributed by atoms with van der Waals surface area (Å²) in [5, 5.41) is 17.8. The molecule has 3 rings (SSSR count). The molecule has 0 unspecified atom stereocenters. The van der Waals surface area contributed by atoms with E-state index >= 15 is 0 Å². The van der Waals surface area contributed by atoms with E-state index in [0.717, 1.165) is 0 Å². The average Bonchev–Trinajstić information content (AvgIpc) is 2.75. The molecule has 3 N–H and O–H groups in total. The topological polar surface area (TPSA) is 99.1 Å². The van der Waals surface area contributed by atoms with E-state index in [-0.39, 0.29) is 13.2 Å². The number of nitrogens with two attached hydrogens (primary N) is 1. The fraction of sp³-hybridized carbons (Fsp3) is 0.300. The van der Waals surface area contributed by atoms with Gasteiger partial charge >= 0.3 is 0 Å². The summed E-state index contributed by atoms with van der Waals surface area (Å²) in [6, 6.07) is 3.37. The van der Waals surface area contributed by atoms with Crippen LogP contribution >= 0.6 is 0 Å². The lowest BCUT2D eigenvalue weighted by Gasteiger charge is -2.34. The number of nitrogen functional groups attached to an aromatic ring is 1. The van der Waals surface area contributed by atoms with Gasteiger partial charge in [-0.1, -0.05) is 5.21 Å². The first-order chi connectivity index (χ1) is 8.17. The summed E-state index contributed by atoms with van der Waals surface area (Å²) in [5.74, 6) is 0.563. The number of nitrogens with zero attached hydrogens (tertiary/aromatic N) is 4. The number of aromatic nitrogens is 4. The van der Waals surface area contributed by atoms with Crippen LogP contribution in [0.4, 0.5) is 5.69 Å². The Bertz CT molecular complexity index is 549. The lowest BCUT2D eigenvalue weighted by Crippen LogP contribution is -2.46. The molecule has 17 heavy (non-hydrogen) atoms. The molecular weight excluding hydrogens is 222 g/mol. The minimum atomic E-state index is -1.02. The quantitative estimate of drug-likeness (QED) is 0.723. The third-order valence-corrected chi connectivity index (χ3v) is 2.66. The van der Waals surface area contributed by atoms with Crippen molar-refractivity contribution in [3.63, 3.8) is 0 Å². The minimum absolute atomic E-state index is 0.246. The summed E-state index contributed by atoms with van der Waals surface area (Å²) < 4.78 is 6.44. The molecule has 2 aromatic heterocycles. The van der Waals surface area contributed by atoms with E-state index in [4.69, 9.17) is 10.5 Å². The highest BCUT2D eigenvalue weighted by molar-refractivity contribution is 5.42. The van der Waals surface area contributed by atoms with Gasteiger partial charge in [0.1, 0.15) is 5.69 Å². The molecule has 7 nitrogen and oxygen atoms in total. The predicted octanol–water partition coefficient (Wildman–Crippen LogP) is -0.538. The van der Waals surface area contributed by atoms with Crippen molar-refractivity contribution in [1.29, 1.82) is 0 Å². The molecule has 0 saturated carbocycles. The van der Waals surface area contributed by atoms with Gasteiger partial charge in [0.15, 0.2) is 11.4 Å². The summed E-state index contributed by atoms with van der Waals surface area (Å²) in [6.07, 6.45) is 3.22. The number of ether oxygens (including phenoxy) is 1. The molecule has 0 spiro atoms. The maximum absolute atomic E-state index is 10.0. The third-order valence-electron chi connectivity index (χ3n) is 2.66. The molecule has 1 fully saturated rings. The van der Waals surface area contributed by atoms with E-state index < -0.39 is 5.60 Å². The zero-order valence-electron chi connectivity index (χ0n) is 8.95. The highest BCUT2D eigenvalue weighted by atomic mass is 16.5. The number of anilines is 1. The lowest BCUT2D eigenvalue weighted by molar-refractivity contribution is -0.186. The van der Waals surface area contributed by atoms with E-state index in [2.05, 4.69) is 15.3 Å². The van der Waals surface area contributed by atoms with Crippen LogP contribution in [-0.2, 0) is 10.3 Å². The molecule has 7 heteroatoms. The van der Waals surface area contributed by atoms with Crippen LogP contribution in [0.25, 0.3) is 5.82 Å². The molecular formula is C10H11N5O2. The smallest absolute Gasteiger partial charge is 0.157 e. The van der Waals surface area contributed by atoms with Crippen molar-refractivity contribution < 1.29 is 9.84 Å². The monoisotopic (exact) mass is 233 g/mol. The number of aliphatic hydroxyl groups is 1. The Morgan fingerprint density at radius 2 is 2.29 bits per heavy atom. The summed E-state index contributed by atoms with van der Waals surface area (Å²) in [7, 11) is 0. The fourth-order valence-corrected chi connectivity index (χ4v) is 1.59. The molecule has 0 aromatic carbocycles. The molecule has 0 bridgehead atoms. The second-order valence-corrected chi connectivity index (χ2v) is 4.02. The molecule has 1 saturated heterocycles. The molecule has 0 amide bonds. The Balaban J connectivity index is 1.95. The molecule has 0 aliphatic carbocycles. The predicted molar refractivity (Wildman–Crippen MR) is 58.3 cm³/mol. The van der Waals surface area contributed by atoms with Crippen LogP contribution in [0.3, 0.4) is 0 Å². The average molecular weight is 233 g/mol. The van der Waals surface area contributed by atoms with Crippen molar-refractivity contribution in [1.82, 2.24) is 20.0 Å². The Morgan fingerprint density at radius 3 is 2.94 bits per heavy atom. The standard InChI is InChI=1S/C10H11N5O2/c11-7-1-2-12-9(3-7)15-4-8(13-14-15)10(16)5-17-6-10/h1-4,16H,5-6H2,(H2,11,12). The van der Waals surface area contributed by atoms with E-state index in [1.165, 1.54) is 4.68 Å². The maximum Gasteiger partial charge on any atom is 0.157 e. The first-order valence-electron chi connectivity index (χ1n) is 5.12. The van der Waals surface area contributed by atoms with Crippen molar-refractivity contribution in [2.45, 2.75) is 5.60 Å². The van der Waals surface area contributed by atoms with Crippen molar-refractivity contribution in [2.24, 2.45) is 0 Å². The Morgan fingerprint density at radius 1 is 1.47 bits per heavy atom. The van der Waals surface area contributed by atoms with Crippen LogP contribution in [0.5, 0.6) is 0 Å². The van der Waals surface area contributed by atoms with Gasteiger partial charge in [0.2, 0.25) is 0 Å². The van der Waals surface area contributed by atoms with Gasteiger partial charge in [-0.15, -0.1) is 5.10 Å². The Labute approximate surface area is 96.8 Å². The van der Waals surface area contributed by atoms with Gasteiger partial charge in [0, 0.05) is 18.0 Å². The van der Waals surface area contributed by atoms with Crippen molar-refractivity contribution >= 4 is 5.69 Å². The lowest BCUT2D eigenvalue weighted by atomic mass is 9.99. The Hall–Kier alpha value is -1.99. The highest BCUT2D eigenvalue weighted by Gasteiger charge is 2.40. The largest absolute Gasteiger partial charge is 0.399 e. The van der Waals surface area contributed by atoms with E-state index in [0.29, 0.717) is 17.2 Å². The van der Waals surface area contributed by atoms with Gasteiger partial charge < -0.3 is 15.6 Å². The highest BCUT2D eigenvalue weighted by Crippen LogP contribution is 2.27. The zero-order chi connectivity index (χ0) is 11.9. The van der Waals surface area contributed by atoms with E-state index in [1.807, 2.05) is 0 Å². The Kier molecular flexibility index (Phi) is 2.10. The molecule has 3 heterocycles. The summed E-state index contributed by atoms with van der Waals surface area (Å²) in [4.78, 5) is 4.12. The minimum Gasteiger partial charge on any atom is -0.399 e. The third kappa shape index (κ3) is 1.65. The summed E-state index contributed by atoms with van der Waals surface area (Å²) in [6.45, 7) is 0.492. The van der Waals surface area contributed by atoms with Crippen LogP contribution in [0.2, 0.25) is 0 Å². The van der Waals surface area contributed by atoms with Gasteiger partial charge in [0.05, 0.1) is 19.4 Å². The number of hydrogen-bond acceptors (Lipinski definition) is 6. The number of rotatable bonds is 2. The second kappa shape index (κ2) is 3.51. The normalized spacial score (nSPS) is 17.7. The van der Waals surface area contributed by atoms with Gasteiger partial charge in [0.25, 0.3) is 0 Å². The molecule has 88 valence electrons. The van der Waals surface area contributed by atoms with E-state index in [1.54, 1.807) is 24.5 Å². The fourth-order valence-electron chi connectivity index (χ4n) is 1.59. The number of hydrogen-bond donors (Lipinski definition) is 2. The summed E-state index contributed by atoms with van der Waals surface area (Å²) in [5.41, 5.74) is 5.71. The van der Waals surface area contributed by atoms with Gasteiger partial charge in [-0.25, -0.2) is 9.67 Å². The van der Waals surface area contributed by atoms with Gasteiger partial charge in [-0.2, -0.15) is 0 Å². The van der Waals surface area contributed by atoms with Gasteiger partial charge in [-0.3, -0.25) is 0 Å². The van der Waals surface area contributed by atoms with E-state index in [9.17, 15) is 5.11 Å². The van der Waals surface area contributed by atoms with Gasteiger partial charge in [-0.05, 0) is 6.07 Å². The SMILES string of the molecule is Nc1ccnc(-n2cc(C3(O)COC3)nn2)c1. The zero-order valence-corrected chi connectivity index (χ0v) is 8.95. The van der Waals surface area contributed by atoms with Crippen LogP contribution in [0.1, 0.15) is 5.69 Å². The van der Waals surface area contributed by atoms with Crippen LogP contribution in [-0.4, -0.2) is 38.3 Å². The first-order valence-corrected chi connectivity index (χ1v) is 5.12. The van der Waals surface area contributed by atoms with Crippen LogP contribution in [0.15, 0.2) is 24.5 Å². The van der Waals surface area contributed by atoms with Crippen molar-refractivity contribution in [3.05, 3.63) is 30.2 Å².